The minimum absolute atomic E-state index is 0.487. The van der Waals surface area contributed by atoms with Gasteiger partial charge in [-0.25, -0.2) is 9.97 Å². The highest BCUT2D eigenvalue weighted by Crippen LogP contribution is 2.17. The Bertz CT molecular complexity index is 314. The van der Waals surface area contributed by atoms with E-state index in [-0.39, 0.29) is 0 Å². The van der Waals surface area contributed by atoms with Gasteiger partial charge >= 0.3 is 0 Å². The van der Waals surface area contributed by atoms with Crippen LogP contribution in [0.5, 0.6) is 0 Å². The van der Waals surface area contributed by atoms with Crippen LogP contribution >= 0.6 is 0 Å². The van der Waals surface area contributed by atoms with E-state index in [2.05, 4.69) is 35.6 Å². The topological polar surface area (TPSA) is 55.0 Å². The van der Waals surface area contributed by atoms with Crippen LogP contribution in [0, 0.1) is 0 Å². The summed E-state index contributed by atoms with van der Waals surface area (Å²) in [6.07, 6.45) is 5.00. The van der Waals surface area contributed by atoms with Gasteiger partial charge in [0.1, 0.15) is 18.0 Å². The van der Waals surface area contributed by atoms with Crippen LogP contribution in [0.15, 0.2) is 12.4 Å². The van der Waals surface area contributed by atoms with Crippen molar-refractivity contribution in [3.63, 3.8) is 0 Å². The zero-order chi connectivity index (χ0) is 12.0. The van der Waals surface area contributed by atoms with Gasteiger partial charge in [0, 0.05) is 18.7 Å². The molecule has 0 aliphatic heterocycles. The number of aromatic nitrogens is 2. The second-order valence-corrected chi connectivity index (χ2v) is 4.11. The van der Waals surface area contributed by atoms with Crippen LogP contribution < -0.4 is 10.6 Å². The molecule has 0 aliphatic rings. The predicted molar refractivity (Wildman–Crippen MR) is 68.5 cm³/mol. The summed E-state index contributed by atoms with van der Waals surface area (Å²) in [5.41, 5.74) is 5.69. The fourth-order valence-electron chi connectivity index (χ4n) is 1.63. The van der Waals surface area contributed by atoms with E-state index in [1.807, 2.05) is 6.07 Å². The Morgan fingerprint density at radius 1 is 1.38 bits per heavy atom. The number of rotatable bonds is 6. The average Bonchev–Trinajstić information content (AvgIpc) is 2.29. The first-order valence-corrected chi connectivity index (χ1v) is 6.03. The molecule has 4 heteroatoms. The number of anilines is 2. The molecular formula is C12H22N4. The molecule has 0 fully saturated rings. The van der Waals surface area contributed by atoms with E-state index in [1.54, 1.807) is 0 Å². The summed E-state index contributed by atoms with van der Waals surface area (Å²) >= 11 is 0. The largest absolute Gasteiger partial charge is 0.384 e. The summed E-state index contributed by atoms with van der Waals surface area (Å²) in [6.45, 7) is 7.63. The molecule has 0 spiro atoms. The number of hydrogen-bond donors (Lipinski definition) is 1. The maximum absolute atomic E-state index is 5.69. The third-order valence-corrected chi connectivity index (χ3v) is 2.84. The first-order chi connectivity index (χ1) is 7.69. The van der Waals surface area contributed by atoms with Crippen LogP contribution in [0.4, 0.5) is 11.6 Å². The van der Waals surface area contributed by atoms with Crippen LogP contribution in [-0.2, 0) is 0 Å². The number of unbranched alkanes of at least 4 members (excludes halogenated alkanes) is 1. The third-order valence-electron chi connectivity index (χ3n) is 2.84. The van der Waals surface area contributed by atoms with Gasteiger partial charge in [0.2, 0.25) is 0 Å². The van der Waals surface area contributed by atoms with Crippen molar-refractivity contribution in [1.29, 1.82) is 0 Å². The van der Waals surface area contributed by atoms with Gasteiger partial charge in [-0.2, -0.15) is 0 Å². The van der Waals surface area contributed by atoms with Crippen LogP contribution in [0.2, 0.25) is 0 Å². The number of hydrogen-bond acceptors (Lipinski definition) is 4. The molecule has 1 unspecified atom stereocenters. The molecule has 0 aromatic carbocycles. The summed E-state index contributed by atoms with van der Waals surface area (Å²) in [4.78, 5) is 10.5. The van der Waals surface area contributed by atoms with E-state index in [4.69, 9.17) is 5.73 Å². The number of nitrogens with zero attached hydrogens (tertiary/aromatic N) is 3. The molecule has 1 heterocycles. The van der Waals surface area contributed by atoms with E-state index >= 15 is 0 Å². The van der Waals surface area contributed by atoms with E-state index in [0.717, 1.165) is 18.8 Å². The molecule has 1 atom stereocenters. The van der Waals surface area contributed by atoms with Crippen molar-refractivity contribution in [3.8, 4) is 0 Å². The molecule has 0 bridgehead atoms. The van der Waals surface area contributed by atoms with Crippen molar-refractivity contribution in [2.75, 3.05) is 17.2 Å². The number of nitrogens with two attached hydrogens (primary N) is 1. The molecule has 0 saturated heterocycles. The maximum atomic E-state index is 5.69. The quantitative estimate of drug-likeness (QED) is 0.803. The summed E-state index contributed by atoms with van der Waals surface area (Å²) in [5, 5.41) is 0. The lowest BCUT2D eigenvalue weighted by molar-refractivity contribution is 0.589. The van der Waals surface area contributed by atoms with Gasteiger partial charge in [0.05, 0.1) is 0 Å². The molecule has 0 saturated carbocycles. The first kappa shape index (κ1) is 12.7. The van der Waals surface area contributed by atoms with Crippen LogP contribution in [0.1, 0.15) is 40.0 Å². The highest BCUT2D eigenvalue weighted by Gasteiger charge is 2.13. The first-order valence-electron chi connectivity index (χ1n) is 6.03. The fraction of sp³-hybridized carbons (Fsp3) is 0.667. The third kappa shape index (κ3) is 3.36. The molecule has 0 aliphatic carbocycles. The van der Waals surface area contributed by atoms with Crippen molar-refractivity contribution < 1.29 is 0 Å². The minimum Gasteiger partial charge on any atom is -0.384 e. The highest BCUT2D eigenvalue weighted by atomic mass is 15.2. The van der Waals surface area contributed by atoms with Crippen molar-refractivity contribution in [2.24, 2.45) is 0 Å². The Kier molecular flexibility index (Phi) is 5.02. The Labute approximate surface area is 97.9 Å². The molecule has 2 N–H and O–H groups in total. The summed E-state index contributed by atoms with van der Waals surface area (Å²) in [6, 6.07) is 2.34. The maximum Gasteiger partial charge on any atom is 0.134 e. The van der Waals surface area contributed by atoms with Crippen LogP contribution in [0.3, 0.4) is 0 Å². The molecular weight excluding hydrogens is 200 g/mol. The van der Waals surface area contributed by atoms with Gasteiger partial charge in [-0.3, -0.25) is 0 Å². The summed E-state index contributed by atoms with van der Waals surface area (Å²) in [7, 11) is 0. The Morgan fingerprint density at radius 3 is 2.69 bits per heavy atom. The predicted octanol–water partition coefficient (Wildman–Crippen LogP) is 2.46. The van der Waals surface area contributed by atoms with Gasteiger partial charge in [0.15, 0.2) is 0 Å². The molecule has 1 aromatic rings. The van der Waals surface area contributed by atoms with Gasteiger partial charge < -0.3 is 10.6 Å². The van der Waals surface area contributed by atoms with Crippen molar-refractivity contribution in [1.82, 2.24) is 9.97 Å². The standard InChI is InChI=1S/C12H22N4/c1-4-6-7-16(10(3)5-2)12-8-11(13)14-9-15-12/h8-10H,4-7H2,1-3H3,(H2,13,14,15). The summed E-state index contributed by atoms with van der Waals surface area (Å²) in [5.74, 6) is 1.48. The fourth-order valence-corrected chi connectivity index (χ4v) is 1.63. The molecule has 90 valence electrons. The minimum atomic E-state index is 0.487. The Morgan fingerprint density at radius 2 is 2.12 bits per heavy atom. The van der Waals surface area contributed by atoms with Crippen molar-refractivity contribution >= 4 is 11.6 Å². The molecule has 16 heavy (non-hydrogen) atoms. The molecule has 0 radical (unpaired) electrons. The van der Waals surface area contributed by atoms with Gasteiger partial charge in [-0.05, 0) is 19.8 Å². The monoisotopic (exact) mass is 222 g/mol. The lowest BCUT2D eigenvalue weighted by Crippen LogP contribution is -2.34. The number of nitrogen functional groups attached to an aromatic ring is 1. The molecule has 1 aromatic heterocycles. The van der Waals surface area contributed by atoms with Crippen molar-refractivity contribution in [3.05, 3.63) is 12.4 Å². The Hall–Kier alpha value is -1.32. The smallest absolute Gasteiger partial charge is 0.134 e. The lowest BCUT2D eigenvalue weighted by Gasteiger charge is -2.29. The second kappa shape index (κ2) is 6.30. The lowest BCUT2D eigenvalue weighted by atomic mass is 10.2. The van der Waals surface area contributed by atoms with E-state index < -0.39 is 0 Å². The Balaban J connectivity index is 2.82. The van der Waals surface area contributed by atoms with E-state index in [9.17, 15) is 0 Å². The van der Waals surface area contributed by atoms with Gasteiger partial charge in [-0.15, -0.1) is 0 Å². The SMILES string of the molecule is CCCCN(c1cc(N)ncn1)C(C)CC. The molecule has 0 amide bonds. The zero-order valence-corrected chi connectivity index (χ0v) is 10.5. The normalized spacial score (nSPS) is 12.4. The second-order valence-electron chi connectivity index (χ2n) is 4.11. The summed E-state index contributed by atoms with van der Waals surface area (Å²) < 4.78 is 0. The zero-order valence-electron chi connectivity index (χ0n) is 10.5. The van der Waals surface area contributed by atoms with Gasteiger partial charge in [0.25, 0.3) is 0 Å². The van der Waals surface area contributed by atoms with Gasteiger partial charge in [-0.1, -0.05) is 20.3 Å². The van der Waals surface area contributed by atoms with E-state index in [0.29, 0.717) is 11.9 Å². The van der Waals surface area contributed by atoms with E-state index in [1.165, 1.54) is 19.2 Å². The average molecular weight is 222 g/mol. The van der Waals surface area contributed by atoms with Crippen LogP contribution in [0.25, 0.3) is 0 Å². The molecule has 4 nitrogen and oxygen atoms in total. The molecule has 1 rings (SSSR count). The highest BCUT2D eigenvalue weighted by molar-refractivity contribution is 5.46. The van der Waals surface area contributed by atoms with Crippen LogP contribution in [-0.4, -0.2) is 22.6 Å². The van der Waals surface area contributed by atoms with Crippen molar-refractivity contribution in [2.45, 2.75) is 46.1 Å².